The molecule has 2 atom stereocenters. The minimum atomic E-state index is -1.40. The number of carboxylic acid groups (broad SMARTS) is 2. The molecule has 0 amide bonds. The average molecular weight is 148 g/mol. The topological polar surface area (TPSA) is 80.3 Å². The summed E-state index contributed by atoms with van der Waals surface area (Å²) in [5, 5.41) is 19.5. The quantitative estimate of drug-likeness (QED) is 0.402. The van der Waals surface area contributed by atoms with Gasteiger partial charge in [-0.2, -0.15) is 0 Å². The van der Waals surface area contributed by atoms with E-state index in [0.29, 0.717) is 0 Å². The third-order valence-corrected chi connectivity index (χ3v) is 1.20. The molecule has 0 radical (unpaired) electrons. The van der Waals surface area contributed by atoms with Gasteiger partial charge < -0.3 is 19.8 Å². The van der Waals surface area contributed by atoms with Crippen LogP contribution in [0.3, 0.4) is 0 Å². The molecule has 0 aromatic carbocycles. The summed E-state index contributed by atoms with van der Waals surface area (Å²) in [7, 11) is 1.83. The molecule has 0 rings (SSSR count). The Balaban J connectivity index is 3.63. The molecule has 0 saturated heterocycles. The van der Waals surface area contributed by atoms with Crippen molar-refractivity contribution >= 4 is 21.2 Å². The molecule has 0 saturated carbocycles. The molecule has 4 nitrogen and oxygen atoms in total. The first-order valence-electron chi connectivity index (χ1n) is 2.20. The van der Waals surface area contributed by atoms with Gasteiger partial charge in [0, 0.05) is 17.6 Å². The molecule has 0 aromatic heterocycles. The zero-order chi connectivity index (χ0) is 7.44. The number of carboxylic acids is 2. The van der Waals surface area contributed by atoms with Crippen LogP contribution in [-0.4, -0.2) is 17.6 Å². The molecule has 0 aliphatic carbocycles. The second kappa shape index (κ2) is 3.41. The van der Waals surface area contributed by atoms with Gasteiger partial charge in [0.15, 0.2) is 0 Å². The van der Waals surface area contributed by atoms with Crippen molar-refractivity contribution < 1.29 is 19.8 Å². The standard InChI is InChI=1S/C4H7O4P/c5-3(6)1-2(9)4(7)8/h2H,1,9H2,(H,5,6)(H,7,8)/p-2. The summed E-state index contributed by atoms with van der Waals surface area (Å²) in [6.07, 6.45) is -0.521. The third kappa shape index (κ3) is 3.91. The molecule has 0 aliphatic heterocycles. The fourth-order valence-electron chi connectivity index (χ4n) is 0.263. The first-order valence-corrected chi connectivity index (χ1v) is 2.87. The van der Waals surface area contributed by atoms with Gasteiger partial charge in [-0.15, -0.1) is 9.24 Å². The van der Waals surface area contributed by atoms with Gasteiger partial charge in [0.25, 0.3) is 0 Å². The van der Waals surface area contributed by atoms with Crippen LogP contribution in [0.2, 0.25) is 0 Å². The molecular formula is C4H5O4P-2. The van der Waals surface area contributed by atoms with Crippen molar-refractivity contribution in [3.8, 4) is 0 Å². The van der Waals surface area contributed by atoms with E-state index < -0.39 is 24.0 Å². The van der Waals surface area contributed by atoms with E-state index in [2.05, 4.69) is 0 Å². The normalized spacial score (nSPS) is 12.6. The SMILES string of the molecule is O=C([O-])CC(P)C(=O)[O-]. The Morgan fingerprint density at radius 3 is 2.00 bits per heavy atom. The molecule has 0 fully saturated rings. The molecule has 2 unspecified atom stereocenters. The lowest BCUT2D eigenvalue weighted by molar-refractivity contribution is -0.314. The number of aliphatic carboxylic acids is 2. The van der Waals surface area contributed by atoms with Gasteiger partial charge in [-0.25, -0.2) is 0 Å². The predicted octanol–water partition coefficient (Wildman–Crippen LogP) is -2.88. The van der Waals surface area contributed by atoms with Gasteiger partial charge in [0.05, 0.1) is 0 Å². The lowest BCUT2D eigenvalue weighted by Gasteiger charge is -2.11. The number of rotatable bonds is 3. The second-order valence-corrected chi connectivity index (χ2v) is 2.31. The Kier molecular flexibility index (Phi) is 3.17. The van der Waals surface area contributed by atoms with Gasteiger partial charge in [0.1, 0.15) is 0 Å². The van der Waals surface area contributed by atoms with Crippen LogP contribution in [0.5, 0.6) is 0 Å². The fraction of sp³-hybridized carbons (Fsp3) is 0.500. The van der Waals surface area contributed by atoms with Crippen LogP contribution < -0.4 is 10.2 Å². The summed E-state index contributed by atoms with van der Waals surface area (Å²) < 4.78 is 0. The van der Waals surface area contributed by atoms with E-state index in [1.807, 2.05) is 9.24 Å². The van der Waals surface area contributed by atoms with Crippen LogP contribution in [0.25, 0.3) is 0 Å². The minimum absolute atomic E-state index is 0.521. The van der Waals surface area contributed by atoms with E-state index in [-0.39, 0.29) is 0 Å². The molecule has 0 heterocycles. The lowest BCUT2D eigenvalue weighted by atomic mass is 10.3. The Bertz CT molecular complexity index is 133. The predicted molar refractivity (Wildman–Crippen MR) is 28.1 cm³/mol. The first kappa shape index (κ1) is 8.37. The van der Waals surface area contributed by atoms with Crippen LogP contribution in [0, 0.1) is 0 Å². The Labute approximate surface area is 54.1 Å². The van der Waals surface area contributed by atoms with E-state index >= 15 is 0 Å². The zero-order valence-electron chi connectivity index (χ0n) is 4.49. The molecule has 9 heavy (non-hydrogen) atoms. The second-order valence-electron chi connectivity index (χ2n) is 1.50. The fourth-order valence-corrected chi connectivity index (χ4v) is 0.455. The van der Waals surface area contributed by atoms with Gasteiger partial charge in [-0.05, 0) is 6.42 Å². The lowest BCUT2D eigenvalue weighted by Crippen LogP contribution is -2.36. The van der Waals surface area contributed by atoms with E-state index in [4.69, 9.17) is 0 Å². The molecule has 52 valence electrons. The van der Waals surface area contributed by atoms with Crippen LogP contribution in [0.15, 0.2) is 0 Å². The highest BCUT2D eigenvalue weighted by molar-refractivity contribution is 7.19. The molecule has 0 spiro atoms. The zero-order valence-corrected chi connectivity index (χ0v) is 5.65. The monoisotopic (exact) mass is 148 g/mol. The van der Waals surface area contributed by atoms with Crippen molar-refractivity contribution in [1.29, 1.82) is 0 Å². The van der Waals surface area contributed by atoms with Crippen LogP contribution in [0.4, 0.5) is 0 Å². The Morgan fingerprint density at radius 2 is 1.89 bits per heavy atom. The molecule has 0 aliphatic rings. The molecule has 0 aromatic rings. The molecular weight excluding hydrogens is 143 g/mol. The maximum absolute atomic E-state index is 9.81. The number of carbonyl (C=O) groups is 2. The highest BCUT2D eigenvalue weighted by Crippen LogP contribution is 2.01. The van der Waals surface area contributed by atoms with Crippen LogP contribution >= 0.6 is 9.24 Å². The summed E-state index contributed by atoms with van der Waals surface area (Å²) in [5.41, 5.74) is -1.05. The Morgan fingerprint density at radius 1 is 1.44 bits per heavy atom. The van der Waals surface area contributed by atoms with Crippen molar-refractivity contribution in [2.24, 2.45) is 0 Å². The summed E-state index contributed by atoms with van der Waals surface area (Å²) in [5.74, 6) is -2.79. The summed E-state index contributed by atoms with van der Waals surface area (Å²) >= 11 is 0. The number of hydrogen-bond donors (Lipinski definition) is 0. The summed E-state index contributed by atoms with van der Waals surface area (Å²) in [6, 6.07) is 0. The molecule has 5 heteroatoms. The van der Waals surface area contributed by atoms with E-state index in [1.165, 1.54) is 0 Å². The van der Waals surface area contributed by atoms with E-state index in [9.17, 15) is 19.8 Å². The van der Waals surface area contributed by atoms with Crippen molar-refractivity contribution in [2.45, 2.75) is 12.1 Å². The summed E-state index contributed by atoms with van der Waals surface area (Å²) in [6.45, 7) is 0. The van der Waals surface area contributed by atoms with Crippen LogP contribution in [0.1, 0.15) is 6.42 Å². The van der Waals surface area contributed by atoms with Gasteiger partial charge >= 0.3 is 0 Å². The number of carbonyl (C=O) groups excluding carboxylic acids is 2. The van der Waals surface area contributed by atoms with E-state index in [0.717, 1.165) is 0 Å². The highest BCUT2D eigenvalue weighted by Gasteiger charge is 2.01. The van der Waals surface area contributed by atoms with Gasteiger partial charge in [-0.1, -0.05) is 0 Å². The maximum atomic E-state index is 9.81. The molecule has 0 bridgehead atoms. The van der Waals surface area contributed by atoms with Crippen molar-refractivity contribution in [3.05, 3.63) is 0 Å². The highest BCUT2D eigenvalue weighted by atomic mass is 31.0. The molecule has 0 N–H and O–H groups in total. The smallest absolute Gasteiger partial charge is 0.0486 e. The largest absolute Gasteiger partial charge is 0.550 e. The van der Waals surface area contributed by atoms with Crippen LogP contribution in [-0.2, 0) is 9.59 Å². The van der Waals surface area contributed by atoms with Gasteiger partial charge in [0.2, 0.25) is 0 Å². The summed E-state index contributed by atoms with van der Waals surface area (Å²) in [4.78, 5) is 19.5. The third-order valence-electron chi connectivity index (χ3n) is 0.689. The van der Waals surface area contributed by atoms with Crippen molar-refractivity contribution in [1.82, 2.24) is 0 Å². The van der Waals surface area contributed by atoms with Crippen molar-refractivity contribution in [2.75, 3.05) is 0 Å². The minimum Gasteiger partial charge on any atom is -0.550 e. The number of hydrogen-bond acceptors (Lipinski definition) is 4. The Hall–Kier alpha value is -0.630. The first-order chi connectivity index (χ1) is 4.04. The average Bonchev–Trinajstić information content (AvgIpc) is 1.63. The maximum Gasteiger partial charge on any atom is 0.0486 e. The van der Waals surface area contributed by atoms with Gasteiger partial charge in [-0.3, -0.25) is 0 Å². The van der Waals surface area contributed by atoms with E-state index in [1.54, 1.807) is 0 Å². The van der Waals surface area contributed by atoms with Crippen molar-refractivity contribution in [3.63, 3.8) is 0 Å².